The number of anilines is 1. The first-order valence-corrected chi connectivity index (χ1v) is 30.1. The third-order valence-electron chi connectivity index (χ3n) is 12.4. The lowest BCUT2D eigenvalue weighted by Crippen LogP contribution is -2.38. The summed E-state index contributed by atoms with van der Waals surface area (Å²) >= 11 is 0. The normalized spacial score (nSPS) is 19.8. The van der Waals surface area contributed by atoms with Gasteiger partial charge in [-0.2, -0.15) is 46.7 Å². The third kappa shape index (κ3) is 12.0. The monoisotopic (exact) mass is 1090 g/mol. The van der Waals surface area contributed by atoms with Crippen LogP contribution < -0.4 is 4.90 Å². The van der Waals surface area contributed by atoms with Crippen LogP contribution in [-0.4, -0.2) is 130 Å². The van der Waals surface area contributed by atoms with Crippen LogP contribution in [-0.2, 0) is 76.3 Å². The molecule has 2 aliphatic heterocycles. The Balaban J connectivity index is 1.67. The van der Waals surface area contributed by atoms with Crippen LogP contribution in [0.5, 0.6) is 0 Å². The van der Waals surface area contributed by atoms with Crippen molar-refractivity contribution in [1.29, 1.82) is 0 Å². The molecule has 0 amide bonds. The summed E-state index contributed by atoms with van der Waals surface area (Å²) in [6, 6.07) is 10.8. The number of rotatable bonds is 21. The average molecular weight is 1090 g/mol. The average Bonchev–Trinajstić information content (AvgIpc) is 3.57. The summed E-state index contributed by atoms with van der Waals surface area (Å²) in [5, 5.41) is 9.48. The lowest BCUT2D eigenvalue weighted by molar-refractivity contribution is -0.437. The molecule has 0 fully saturated rings. The number of aliphatic carboxylic acids is 1. The van der Waals surface area contributed by atoms with Gasteiger partial charge in [0.05, 0.1) is 31.4 Å². The second-order valence-electron chi connectivity index (χ2n) is 17.4. The third-order valence-corrected chi connectivity index (χ3v) is 17.5. The maximum absolute atomic E-state index is 13.0. The molecule has 0 radical (unpaired) electrons. The Hall–Kier alpha value is -4.72. The number of hydrogen-bond acceptors (Lipinski definition) is 15. The van der Waals surface area contributed by atoms with E-state index >= 15 is 0 Å². The molecular formula is C42H48N2O20S6. The van der Waals surface area contributed by atoms with Crippen molar-refractivity contribution >= 4 is 105 Å². The number of carbonyl (C=O) groups is 1. The van der Waals surface area contributed by atoms with Gasteiger partial charge in [0.2, 0.25) is 5.69 Å². The number of hydrogen-bond donors (Lipinski definition) is 6. The minimum atomic E-state index is -5.20. The number of fused-ring (bicyclic) bond motifs is 6. The molecule has 2 unspecified atom stereocenters. The highest BCUT2D eigenvalue weighted by molar-refractivity contribution is 7.87. The van der Waals surface area contributed by atoms with Crippen LogP contribution in [0.4, 0.5) is 11.4 Å². The van der Waals surface area contributed by atoms with Gasteiger partial charge in [-0.1, -0.05) is 31.1 Å². The number of carboxylic acid groups (broad SMARTS) is 1. The molecule has 0 spiro atoms. The highest BCUT2D eigenvalue weighted by Gasteiger charge is 2.52. The van der Waals surface area contributed by atoms with Gasteiger partial charge >= 0.3 is 5.97 Å². The van der Waals surface area contributed by atoms with E-state index in [2.05, 4.69) is 0 Å². The van der Waals surface area contributed by atoms with E-state index in [1.165, 1.54) is 60.1 Å². The first-order chi connectivity index (χ1) is 32.1. The van der Waals surface area contributed by atoms with E-state index in [1.54, 1.807) is 11.8 Å². The van der Waals surface area contributed by atoms with Gasteiger partial charge in [-0.3, -0.25) is 27.6 Å². The molecule has 2 heterocycles. The Kier molecular flexibility index (Phi) is 15.1. The number of unbranched alkanes of at least 4 members (excludes halogenated alkanes) is 2. The van der Waals surface area contributed by atoms with Gasteiger partial charge in [0, 0.05) is 65.0 Å². The Morgan fingerprint density at radius 1 is 0.671 bits per heavy atom. The van der Waals surface area contributed by atoms with Crippen LogP contribution in [0.2, 0.25) is 0 Å². The molecule has 22 nitrogen and oxygen atoms in total. The summed E-state index contributed by atoms with van der Waals surface area (Å²) in [7, 11) is -29.5. The van der Waals surface area contributed by atoms with Crippen LogP contribution in [0.1, 0.15) is 69.9 Å². The standard InChI is InChI=1S/C42H48N2O20S6/c1-41(18-5-3-4-11-38(45)46)36(43(19-7-21-65(47,48)49)34-17-15-30-32(40(34)41)24-29(69(59,60)61)25-35(30)70(62,63)64)9-6-10-37-42(2,26-67(53,54)55)39-31-23-28(68(56,57)58)14-12-27(31)13-16-33(39)44(37)20-8-22-66(50,51)52/h6,9-10,12-17,23-25H,3-5,7-8,11,18-22,26H2,1-2H3,(H6-,45,46,47,48,49,50,51,52,53,54,55,56,57,58,59,60,61,62,63,64). The first-order valence-electron chi connectivity index (χ1n) is 21.0. The van der Waals surface area contributed by atoms with Crippen molar-refractivity contribution in [2.45, 2.75) is 84.3 Å². The predicted octanol–water partition coefficient (Wildman–Crippen LogP) is 4.44. The van der Waals surface area contributed by atoms with Crippen molar-refractivity contribution in [3.63, 3.8) is 0 Å². The number of benzene rings is 4. The summed E-state index contributed by atoms with van der Waals surface area (Å²) in [4.78, 5) is 10.6. The van der Waals surface area contributed by atoms with E-state index in [9.17, 15) is 87.7 Å². The van der Waals surface area contributed by atoms with E-state index in [0.29, 0.717) is 17.9 Å². The molecule has 0 aromatic heterocycles. The molecular weight excluding hydrogens is 1040 g/mol. The molecule has 4 aromatic carbocycles. The highest BCUT2D eigenvalue weighted by Crippen LogP contribution is 2.54. The van der Waals surface area contributed by atoms with Crippen molar-refractivity contribution < 1.29 is 92.3 Å². The molecule has 70 heavy (non-hydrogen) atoms. The maximum Gasteiger partial charge on any atom is 0.303 e. The first kappa shape index (κ1) is 54.6. The molecule has 6 rings (SSSR count). The smallest absolute Gasteiger partial charge is 0.303 e. The molecule has 4 aromatic rings. The van der Waals surface area contributed by atoms with Crippen molar-refractivity contribution in [2.75, 3.05) is 35.2 Å². The van der Waals surface area contributed by atoms with E-state index in [4.69, 9.17) is 0 Å². The fraction of sp³-hybridized carbons (Fsp3) is 0.381. The lowest BCUT2D eigenvalue weighted by Gasteiger charge is -2.31. The molecule has 28 heteroatoms. The zero-order chi connectivity index (χ0) is 52.2. The molecule has 6 N–H and O–H groups in total. The summed E-state index contributed by atoms with van der Waals surface area (Å²) in [5.41, 5.74) is -2.12. The topological polar surface area (TPSA) is 373 Å². The fourth-order valence-electron chi connectivity index (χ4n) is 9.65. The van der Waals surface area contributed by atoms with Crippen molar-refractivity contribution in [1.82, 2.24) is 0 Å². The van der Waals surface area contributed by atoms with Crippen molar-refractivity contribution in [3.05, 3.63) is 89.6 Å². The number of nitrogens with zero attached hydrogens (tertiary/aromatic N) is 2. The molecule has 0 saturated carbocycles. The van der Waals surface area contributed by atoms with E-state index in [-0.39, 0.29) is 102 Å². The van der Waals surface area contributed by atoms with Crippen LogP contribution >= 0.6 is 0 Å². The summed E-state index contributed by atoms with van der Waals surface area (Å²) in [5.74, 6) is -3.76. The predicted molar refractivity (Wildman–Crippen MR) is 254 cm³/mol. The second kappa shape index (κ2) is 19.4. The molecule has 382 valence electrons. The van der Waals surface area contributed by atoms with Crippen LogP contribution in [0, 0.1) is 0 Å². The Labute approximate surface area is 404 Å². The van der Waals surface area contributed by atoms with Crippen molar-refractivity contribution in [3.8, 4) is 0 Å². The lowest BCUT2D eigenvalue weighted by atomic mass is 9.75. The zero-order valence-corrected chi connectivity index (χ0v) is 42.1. The zero-order valence-electron chi connectivity index (χ0n) is 37.2. The number of carboxylic acids is 1. The molecule has 0 bridgehead atoms. The molecule has 0 aliphatic carbocycles. The Morgan fingerprint density at radius 2 is 1.31 bits per heavy atom. The van der Waals surface area contributed by atoms with Gasteiger partial charge in [0.1, 0.15) is 16.9 Å². The molecule has 2 atom stereocenters. The van der Waals surface area contributed by atoms with Gasteiger partial charge in [0.25, 0.3) is 50.6 Å². The second-order valence-corrected chi connectivity index (χ2v) is 26.2. The molecule has 2 aliphatic rings. The fourth-order valence-corrected chi connectivity index (χ4v) is 13.5. The van der Waals surface area contributed by atoms with Gasteiger partial charge in [-0.25, -0.2) is 8.42 Å². The minimum absolute atomic E-state index is 0.0508. The maximum atomic E-state index is 13.0. The van der Waals surface area contributed by atoms with Gasteiger partial charge in [0.15, 0.2) is 5.71 Å². The SMILES string of the molecule is CC1(CS(=O)(=O)O)C(/C=C/C=C2/N(CCCS(=O)(=O)O)c3ccc4c(S(=O)(=O)O)cc(S(=O)(=O)O)cc4c3C2(C)CCCCCC(=O)O)=[N+](CCCS(=O)(=O)[O-])c2ccc3ccc(S(=O)(=O)O)cc3c21. The largest absolute Gasteiger partial charge is 0.748 e. The molecule has 0 saturated heterocycles. The van der Waals surface area contributed by atoms with E-state index < -0.39 is 109 Å². The highest BCUT2D eigenvalue weighted by atomic mass is 32.2. The van der Waals surface area contributed by atoms with E-state index in [0.717, 1.165) is 18.2 Å². The Bertz CT molecular complexity index is 3630. The minimum Gasteiger partial charge on any atom is -0.748 e. The summed E-state index contributed by atoms with van der Waals surface area (Å²) in [6.45, 7) is 2.59. The number of allylic oxidation sites excluding steroid dienone is 4. The van der Waals surface area contributed by atoms with Gasteiger partial charge < -0.3 is 14.6 Å². The van der Waals surface area contributed by atoms with Crippen LogP contribution in [0.25, 0.3) is 21.5 Å². The van der Waals surface area contributed by atoms with Crippen molar-refractivity contribution in [2.24, 2.45) is 0 Å². The van der Waals surface area contributed by atoms with E-state index in [1.807, 2.05) is 0 Å². The van der Waals surface area contributed by atoms with Gasteiger partial charge in [-0.05, 0) is 97.3 Å². The summed E-state index contributed by atoms with van der Waals surface area (Å²) < 4.78 is 213. The van der Waals surface area contributed by atoms with Gasteiger partial charge in [-0.15, -0.1) is 0 Å². The summed E-state index contributed by atoms with van der Waals surface area (Å²) in [6.07, 6.45) is 4.38. The van der Waals surface area contributed by atoms with Crippen LogP contribution in [0.3, 0.4) is 0 Å². The quantitative estimate of drug-likeness (QED) is 0.0381. The Morgan fingerprint density at radius 3 is 1.90 bits per heavy atom. The van der Waals surface area contributed by atoms with Crippen LogP contribution in [0.15, 0.2) is 93.2 Å².